The van der Waals surface area contributed by atoms with Crippen molar-refractivity contribution in [3.63, 3.8) is 0 Å². The van der Waals surface area contributed by atoms with Crippen LogP contribution in [0.15, 0.2) is 63.5 Å². The third kappa shape index (κ3) is 6.19. The monoisotopic (exact) mass is 528 g/mol. The molecular formula is C28H27F3N2O5. The average molecular weight is 529 g/mol. The SMILES string of the molecule is Cc1cc(OCc2c(-c3ccccc3OC(F)(F)F)noc2C(C)C)ccc1N(C)Cc1ccc(C=O)o1. The number of hydrogen-bond acceptors (Lipinski definition) is 7. The van der Waals surface area contributed by atoms with Gasteiger partial charge in [-0.1, -0.05) is 31.1 Å². The predicted octanol–water partition coefficient (Wildman–Crippen LogP) is 7.29. The minimum atomic E-state index is -4.85. The Kier molecular flexibility index (Phi) is 7.80. The highest BCUT2D eigenvalue weighted by Gasteiger charge is 2.33. The van der Waals surface area contributed by atoms with E-state index in [2.05, 4.69) is 9.89 Å². The summed E-state index contributed by atoms with van der Waals surface area (Å²) >= 11 is 0. The number of para-hydroxylation sites is 1. The van der Waals surface area contributed by atoms with Crippen LogP contribution in [-0.4, -0.2) is 24.9 Å². The van der Waals surface area contributed by atoms with Gasteiger partial charge in [-0.05, 0) is 55.0 Å². The number of rotatable bonds is 10. The molecule has 0 aliphatic heterocycles. The first-order valence-electron chi connectivity index (χ1n) is 11.9. The summed E-state index contributed by atoms with van der Waals surface area (Å²) in [7, 11) is 1.91. The molecule has 0 bridgehead atoms. The number of anilines is 1. The number of furan rings is 1. The van der Waals surface area contributed by atoms with Gasteiger partial charge in [0.2, 0.25) is 0 Å². The van der Waals surface area contributed by atoms with E-state index >= 15 is 0 Å². The van der Waals surface area contributed by atoms with Crippen LogP contribution in [0.4, 0.5) is 18.9 Å². The molecule has 4 aromatic rings. The normalized spacial score (nSPS) is 11.6. The number of aromatic nitrogens is 1. The van der Waals surface area contributed by atoms with E-state index in [9.17, 15) is 18.0 Å². The van der Waals surface area contributed by atoms with Gasteiger partial charge in [-0.3, -0.25) is 4.79 Å². The van der Waals surface area contributed by atoms with Gasteiger partial charge in [0.15, 0.2) is 12.0 Å². The molecule has 2 aromatic heterocycles. The molecule has 10 heteroatoms. The quantitative estimate of drug-likeness (QED) is 0.200. The lowest BCUT2D eigenvalue weighted by molar-refractivity contribution is -0.274. The highest BCUT2D eigenvalue weighted by atomic mass is 19.4. The van der Waals surface area contributed by atoms with Crippen molar-refractivity contribution in [1.29, 1.82) is 0 Å². The predicted molar refractivity (Wildman–Crippen MR) is 134 cm³/mol. The number of carbonyl (C=O) groups excluding carboxylic acids is 1. The summed E-state index contributed by atoms with van der Waals surface area (Å²) < 4.78 is 60.2. The first-order valence-corrected chi connectivity index (χ1v) is 11.9. The molecule has 0 spiro atoms. The van der Waals surface area contributed by atoms with Gasteiger partial charge in [-0.25, -0.2) is 0 Å². The largest absolute Gasteiger partial charge is 0.573 e. The Hall–Kier alpha value is -4.21. The molecule has 0 atom stereocenters. The molecule has 0 N–H and O–H groups in total. The number of halogens is 3. The Balaban J connectivity index is 1.55. The molecule has 0 aliphatic carbocycles. The van der Waals surface area contributed by atoms with Crippen molar-refractivity contribution < 1.29 is 36.4 Å². The molecule has 4 rings (SSSR count). The second kappa shape index (κ2) is 11.0. The van der Waals surface area contributed by atoms with Crippen molar-refractivity contribution >= 4 is 12.0 Å². The second-order valence-electron chi connectivity index (χ2n) is 9.09. The van der Waals surface area contributed by atoms with Gasteiger partial charge in [0.1, 0.15) is 35.3 Å². The number of ether oxygens (including phenoxy) is 2. The summed E-state index contributed by atoms with van der Waals surface area (Å²) in [6, 6.07) is 14.8. The fourth-order valence-corrected chi connectivity index (χ4v) is 4.17. The summed E-state index contributed by atoms with van der Waals surface area (Å²) in [5.41, 5.74) is 2.80. The lowest BCUT2D eigenvalue weighted by atomic mass is 10.0. The minimum absolute atomic E-state index is 0.0300. The third-order valence-corrected chi connectivity index (χ3v) is 5.87. The molecule has 0 aliphatic rings. The first kappa shape index (κ1) is 26.8. The first-order chi connectivity index (χ1) is 18.1. The van der Waals surface area contributed by atoms with Gasteiger partial charge in [0, 0.05) is 24.2 Å². The Morgan fingerprint density at radius 1 is 1.11 bits per heavy atom. The van der Waals surface area contributed by atoms with Crippen molar-refractivity contribution in [3.8, 4) is 22.8 Å². The van der Waals surface area contributed by atoms with Gasteiger partial charge in [0.05, 0.1) is 12.1 Å². The lowest BCUT2D eigenvalue weighted by Gasteiger charge is -2.21. The summed E-state index contributed by atoms with van der Waals surface area (Å²) in [6.07, 6.45) is -4.19. The van der Waals surface area contributed by atoms with Crippen LogP contribution in [-0.2, 0) is 13.2 Å². The summed E-state index contributed by atoms with van der Waals surface area (Å²) in [5.74, 6) is 1.57. The average Bonchev–Trinajstić information content (AvgIpc) is 3.49. The molecule has 200 valence electrons. The summed E-state index contributed by atoms with van der Waals surface area (Å²) in [5, 5.41) is 4.07. The molecule has 0 fully saturated rings. The molecule has 0 unspecified atom stereocenters. The van der Waals surface area contributed by atoms with E-state index in [1.54, 1.807) is 24.3 Å². The Bertz CT molecular complexity index is 1410. The van der Waals surface area contributed by atoms with E-state index in [0.29, 0.717) is 35.7 Å². The van der Waals surface area contributed by atoms with Crippen LogP contribution in [0.5, 0.6) is 11.5 Å². The number of benzene rings is 2. The Morgan fingerprint density at radius 3 is 2.53 bits per heavy atom. The summed E-state index contributed by atoms with van der Waals surface area (Å²) in [6.45, 7) is 6.24. The van der Waals surface area contributed by atoms with Crippen LogP contribution in [0.3, 0.4) is 0 Å². The second-order valence-corrected chi connectivity index (χ2v) is 9.09. The van der Waals surface area contributed by atoms with E-state index in [1.807, 2.05) is 44.9 Å². The standard InChI is InChI=1S/C28H27F3N2O5/c1-17(2)27-23(26(32-38-27)22-7-5-6-8-25(22)37-28(29,30)31)16-35-19-11-12-24(18(3)13-19)33(4)14-20-9-10-21(15-34)36-20/h5-13,15,17H,14,16H2,1-4H3. The fraction of sp³-hybridized carbons (Fsp3) is 0.286. The molecule has 0 amide bonds. The molecule has 2 aromatic carbocycles. The van der Waals surface area contributed by atoms with E-state index in [-0.39, 0.29) is 35.3 Å². The molecule has 38 heavy (non-hydrogen) atoms. The van der Waals surface area contributed by atoms with Crippen molar-refractivity contribution in [2.45, 2.75) is 46.2 Å². The van der Waals surface area contributed by atoms with Crippen LogP contribution in [0.1, 0.15) is 53.0 Å². The fourth-order valence-electron chi connectivity index (χ4n) is 4.17. The van der Waals surface area contributed by atoms with Crippen molar-refractivity contribution in [1.82, 2.24) is 5.16 Å². The van der Waals surface area contributed by atoms with E-state index in [4.69, 9.17) is 13.7 Å². The molecule has 0 saturated heterocycles. The van der Waals surface area contributed by atoms with Gasteiger partial charge >= 0.3 is 6.36 Å². The molecule has 0 saturated carbocycles. The van der Waals surface area contributed by atoms with E-state index < -0.39 is 6.36 Å². The number of carbonyl (C=O) groups is 1. The number of nitrogens with zero attached hydrogens (tertiary/aromatic N) is 2. The molecule has 2 heterocycles. The lowest BCUT2D eigenvalue weighted by Crippen LogP contribution is -2.17. The third-order valence-electron chi connectivity index (χ3n) is 5.87. The zero-order valence-corrected chi connectivity index (χ0v) is 21.3. The van der Waals surface area contributed by atoms with Crippen LogP contribution >= 0.6 is 0 Å². The Labute approximate surface area is 217 Å². The van der Waals surface area contributed by atoms with Crippen molar-refractivity contribution in [2.75, 3.05) is 11.9 Å². The molecule has 0 radical (unpaired) electrons. The van der Waals surface area contributed by atoms with Crippen LogP contribution in [0.2, 0.25) is 0 Å². The van der Waals surface area contributed by atoms with Gasteiger partial charge in [0.25, 0.3) is 0 Å². The molecular weight excluding hydrogens is 501 g/mol. The minimum Gasteiger partial charge on any atom is -0.489 e. The van der Waals surface area contributed by atoms with Crippen molar-refractivity contribution in [3.05, 3.63) is 83.0 Å². The smallest absolute Gasteiger partial charge is 0.489 e. The zero-order chi connectivity index (χ0) is 27.4. The highest BCUT2D eigenvalue weighted by Crippen LogP contribution is 2.38. The van der Waals surface area contributed by atoms with Crippen LogP contribution in [0, 0.1) is 6.92 Å². The number of hydrogen-bond donors (Lipinski definition) is 0. The summed E-state index contributed by atoms with van der Waals surface area (Å²) in [4.78, 5) is 12.8. The number of alkyl halides is 3. The molecule has 7 nitrogen and oxygen atoms in total. The van der Waals surface area contributed by atoms with Gasteiger partial charge in [-0.2, -0.15) is 0 Å². The Morgan fingerprint density at radius 2 is 1.87 bits per heavy atom. The van der Waals surface area contributed by atoms with Crippen LogP contribution < -0.4 is 14.4 Å². The topological polar surface area (TPSA) is 77.9 Å². The highest BCUT2D eigenvalue weighted by molar-refractivity contribution is 5.71. The zero-order valence-electron chi connectivity index (χ0n) is 21.3. The number of aldehydes is 1. The van der Waals surface area contributed by atoms with Gasteiger partial charge in [-0.15, -0.1) is 13.2 Å². The maximum absolute atomic E-state index is 13.0. The van der Waals surface area contributed by atoms with Crippen molar-refractivity contribution in [2.24, 2.45) is 0 Å². The van der Waals surface area contributed by atoms with Crippen LogP contribution in [0.25, 0.3) is 11.3 Å². The van der Waals surface area contributed by atoms with Gasteiger partial charge < -0.3 is 23.3 Å². The van der Waals surface area contributed by atoms with E-state index in [1.165, 1.54) is 18.2 Å². The van der Waals surface area contributed by atoms with E-state index in [0.717, 1.165) is 11.3 Å². The maximum atomic E-state index is 13.0. The number of aryl methyl sites for hydroxylation is 1. The maximum Gasteiger partial charge on any atom is 0.573 e.